The van der Waals surface area contributed by atoms with Gasteiger partial charge in [0.1, 0.15) is 11.7 Å². The smallest absolute Gasteiger partial charge is 0.431 e. The fourth-order valence-corrected chi connectivity index (χ4v) is 7.40. The van der Waals surface area contributed by atoms with E-state index in [0.717, 1.165) is 27.9 Å². The highest BCUT2D eigenvalue weighted by Gasteiger charge is 2.47. The minimum absolute atomic E-state index is 0.0929. The zero-order chi connectivity index (χ0) is 37.0. The topological polar surface area (TPSA) is 114 Å². The minimum Gasteiger partial charge on any atom is -0.431 e. The van der Waals surface area contributed by atoms with Crippen molar-refractivity contribution in [3.8, 4) is 22.6 Å². The number of alkyl halides is 3. The molecule has 4 atom stereocenters. The Morgan fingerprint density at radius 2 is 1.60 bits per heavy atom. The average Bonchev–Trinajstić information content (AvgIpc) is 3.86. The van der Waals surface area contributed by atoms with Gasteiger partial charge in [-0.25, -0.2) is 4.98 Å². The van der Waals surface area contributed by atoms with Gasteiger partial charge in [0.05, 0.1) is 18.8 Å². The van der Waals surface area contributed by atoms with Crippen LogP contribution in [-0.2, 0) is 25.7 Å². The standard InChI is InChI=1S/C40H36F3N3O6S/c41-40(42,43)38(49)46-20-8-15-32(46)36(48)44-30-14-7-13-29(21-30)37-50-31(22-33(51-37)26-18-16-25(23-47)17-19-26)24-53-39-45-34(27-9-3-1-4-10-27)35(52-39)28-11-5-2-6-12-28/h1-7,9-14,16-19,21,31-33,37,47H,8,15,20,22-24H2,(H,44,48)/t31-,32+,33+,37+/m1/s1. The molecule has 2 aliphatic rings. The lowest BCUT2D eigenvalue weighted by molar-refractivity contribution is -0.245. The molecule has 1 aromatic heterocycles. The third kappa shape index (κ3) is 8.49. The predicted molar refractivity (Wildman–Crippen MR) is 192 cm³/mol. The molecule has 9 nitrogen and oxygen atoms in total. The molecule has 13 heteroatoms. The van der Waals surface area contributed by atoms with E-state index in [4.69, 9.17) is 18.9 Å². The molecule has 2 N–H and O–H groups in total. The van der Waals surface area contributed by atoms with Crippen LogP contribution in [0.3, 0.4) is 0 Å². The number of amides is 2. The molecule has 5 aromatic rings. The first-order valence-corrected chi connectivity index (χ1v) is 18.2. The fourth-order valence-electron chi connectivity index (χ4n) is 6.56. The van der Waals surface area contributed by atoms with E-state index in [1.54, 1.807) is 24.3 Å². The summed E-state index contributed by atoms with van der Waals surface area (Å²) < 4.78 is 58.9. The van der Waals surface area contributed by atoms with Gasteiger partial charge in [-0.1, -0.05) is 109 Å². The van der Waals surface area contributed by atoms with Crippen LogP contribution in [0.15, 0.2) is 119 Å². The average molecular weight is 744 g/mol. The predicted octanol–water partition coefficient (Wildman–Crippen LogP) is 8.33. The van der Waals surface area contributed by atoms with Crippen LogP contribution in [0.4, 0.5) is 18.9 Å². The molecule has 53 heavy (non-hydrogen) atoms. The van der Waals surface area contributed by atoms with E-state index in [9.17, 15) is 27.9 Å². The lowest BCUT2D eigenvalue weighted by Gasteiger charge is -2.36. The maximum Gasteiger partial charge on any atom is 0.471 e. The first-order valence-electron chi connectivity index (χ1n) is 17.2. The van der Waals surface area contributed by atoms with E-state index in [-0.39, 0.29) is 25.7 Å². The van der Waals surface area contributed by atoms with Gasteiger partial charge in [0, 0.05) is 41.1 Å². The van der Waals surface area contributed by atoms with Gasteiger partial charge in [-0.15, -0.1) is 0 Å². The lowest BCUT2D eigenvalue weighted by Crippen LogP contribution is -2.48. The molecule has 0 radical (unpaired) electrons. The van der Waals surface area contributed by atoms with Crippen molar-refractivity contribution in [2.45, 2.75) is 61.8 Å². The second-order valence-electron chi connectivity index (χ2n) is 12.8. The van der Waals surface area contributed by atoms with Crippen LogP contribution < -0.4 is 5.32 Å². The Hall–Kier alpha value is -4.95. The van der Waals surface area contributed by atoms with Crippen LogP contribution in [-0.4, -0.2) is 57.4 Å². The van der Waals surface area contributed by atoms with E-state index >= 15 is 0 Å². The zero-order valence-corrected chi connectivity index (χ0v) is 29.2. The summed E-state index contributed by atoms with van der Waals surface area (Å²) in [6.07, 6.45) is -5.75. The fraction of sp³-hybridized carbons (Fsp3) is 0.275. The number of ether oxygens (including phenoxy) is 2. The van der Waals surface area contributed by atoms with Crippen LogP contribution in [0.25, 0.3) is 22.6 Å². The van der Waals surface area contributed by atoms with Crippen molar-refractivity contribution in [3.05, 3.63) is 126 Å². The maximum atomic E-state index is 13.2. The minimum atomic E-state index is -5.07. The van der Waals surface area contributed by atoms with Gasteiger partial charge in [0.25, 0.3) is 5.22 Å². The largest absolute Gasteiger partial charge is 0.471 e. The molecule has 4 aromatic carbocycles. The molecule has 274 valence electrons. The third-order valence-corrected chi connectivity index (χ3v) is 10.1. The molecule has 2 amide bonds. The maximum absolute atomic E-state index is 13.2. The highest BCUT2D eigenvalue weighted by atomic mass is 32.2. The molecule has 0 bridgehead atoms. The molecule has 2 fully saturated rings. The monoisotopic (exact) mass is 743 g/mol. The number of carbonyl (C=O) groups excluding carboxylic acids is 2. The summed E-state index contributed by atoms with van der Waals surface area (Å²) in [6, 6.07) is 32.6. The highest BCUT2D eigenvalue weighted by Crippen LogP contribution is 2.41. The lowest BCUT2D eigenvalue weighted by atomic mass is 10.0. The Morgan fingerprint density at radius 1 is 0.887 bits per heavy atom. The Kier molecular flexibility index (Phi) is 11.0. The molecule has 2 aliphatic heterocycles. The molecule has 0 saturated carbocycles. The number of rotatable bonds is 10. The molecular formula is C40H36F3N3O6S. The summed E-state index contributed by atoms with van der Waals surface area (Å²) in [7, 11) is 0. The van der Waals surface area contributed by atoms with Gasteiger partial charge in [0.15, 0.2) is 12.1 Å². The number of thioether (sulfide) groups is 1. The SMILES string of the molecule is O=C(Nc1cccc([C@H]2O[C@@H](CSc3nc(-c4ccccc4)c(-c4ccccc4)o3)C[C@@H](c3ccc(CO)cc3)O2)c1)[C@@H]1CCCN1C(=O)C(F)(F)F. The second kappa shape index (κ2) is 16.0. The van der Waals surface area contributed by atoms with Gasteiger partial charge >= 0.3 is 12.1 Å². The number of benzene rings is 4. The molecular weight excluding hydrogens is 708 g/mol. The van der Waals surface area contributed by atoms with Gasteiger partial charge in [0.2, 0.25) is 5.91 Å². The summed E-state index contributed by atoms with van der Waals surface area (Å²) in [4.78, 5) is 30.6. The Bertz CT molecular complexity index is 1970. The van der Waals surface area contributed by atoms with E-state index in [1.165, 1.54) is 11.8 Å². The summed E-state index contributed by atoms with van der Waals surface area (Å²) in [5.74, 6) is -1.59. The first-order chi connectivity index (χ1) is 25.7. The normalized spacial score (nSPS) is 20.3. The van der Waals surface area contributed by atoms with Crippen LogP contribution in [0, 0.1) is 0 Å². The summed E-state index contributed by atoms with van der Waals surface area (Å²) in [6.45, 7) is -0.237. The summed E-state index contributed by atoms with van der Waals surface area (Å²) in [5.41, 5.74) is 5.12. The quantitative estimate of drug-likeness (QED) is 0.137. The van der Waals surface area contributed by atoms with Crippen molar-refractivity contribution in [2.75, 3.05) is 17.6 Å². The second-order valence-corrected chi connectivity index (χ2v) is 13.8. The first kappa shape index (κ1) is 36.4. The molecule has 0 unspecified atom stereocenters. The molecule has 7 rings (SSSR count). The van der Waals surface area contributed by atoms with Crippen LogP contribution in [0.5, 0.6) is 0 Å². The third-order valence-electron chi connectivity index (χ3n) is 9.18. The number of likely N-dealkylation sites (tertiary alicyclic amines) is 1. The molecule has 2 saturated heterocycles. The van der Waals surface area contributed by atoms with Gasteiger partial charge in [-0.05, 0) is 36.1 Å². The number of halogens is 3. The van der Waals surface area contributed by atoms with E-state index in [0.29, 0.717) is 45.7 Å². The summed E-state index contributed by atoms with van der Waals surface area (Å²) >= 11 is 1.42. The number of hydrogen-bond acceptors (Lipinski definition) is 8. The van der Waals surface area contributed by atoms with E-state index < -0.39 is 36.4 Å². The van der Waals surface area contributed by atoms with Crippen LogP contribution in [0.1, 0.15) is 48.3 Å². The van der Waals surface area contributed by atoms with Gasteiger partial charge < -0.3 is 29.2 Å². The van der Waals surface area contributed by atoms with E-state index in [1.807, 2.05) is 84.9 Å². The molecule has 0 spiro atoms. The number of carbonyl (C=O) groups is 2. The Balaban J connectivity index is 1.11. The number of aliphatic hydroxyl groups excluding tert-OH is 1. The van der Waals surface area contributed by atoms with Crippen molar-refractivity contribution in [2.24, 2.45) is 0 Å². The van der Waals surface area contributed by atoms with Crippen molar-refractivity contribution in [3.63, 3.8) is 0 Å². The van der Waals surface area contributed by atoms with Gasteiger partial charge in [-0.2, -0.15) is 13.2 Å². The zero-order valence-electron chi connectivity index (χ0n) is 28.4. The molecule has 0 aliphatic carbocycles. The molecule has 3 heterocycles. The number of nitrogens with one attached hydrogen (secondary N) is 1. The van der Waals surface area contributed by atoms with Crippen molar-refractivity contribution < 1.29 is 41.8 Å². The highest BCUT2D eigenvalue weighted by molar-refractivity contribution is 7.99. The number of aliphatic hydroxyl groups is 1. The van der Waals surface area contributed by atoms with Crippen LogP contribution >= 0.6 is 11.8 Å². The number of hydrogen-bond donors (Lipinski definition) is 2. The van der Waals surface area contributed by atoms with Crippen molar-refractivity contribution >= 4 is 29.3 Å². The van der Waals surface area contributed by atoms with Gasteiger partial charge in [-0.3, -0.25) is 9.59 Å². The summed E-state index contributed by atoms with van der Waals surface area (Å²) in [5, 5.41) is 12.8. The Labute approximate surface area is 308 Å². The van der Waals surface area contributed by atoms with E-state index in [2.05, 4.69) is 5.32 Å². The number of oxazole rings is 1. The number of anilines is 1. The number of nitrogens with zero attached hydrogens (tertiary/aromatic N) is 2. The Morgan fingerprint density at radius 3 is 2.30 bits per heavy atom. The van der Waals surface area contributed by atoms with Crippen molar-refractivity contribution in [1.29, 1.82) is 0 Å². The number of aromatic nitrogens is 1. The van der Waals surface area contributed by atoms with Crippen molar-refractivity contribution in [1.82, 2.24) is 9.88 Å². The van der Waals surface area contributed by atoms with Crippen LogP contribution in [0.2, 0.25) is 0 Å².